The number of nitrogens with one attached hydrogen (secondary N) is 2. The number of benzene rings is 2. The molecule has 0 spiro atoms. The molecule has 2 aromatic rings. The molecule has 4 N–H and O–H groups in total. The summed E-state index contributed by atoms with van der Waals surface area (Å²) in [6.45, 7) is -1.44. The number of amides is 3. The molecule has 33 heavy (non-hydrogen) atoms. The molecule has 0 aliphatic carbocycles. The average molecular weight is 467 g/mol. The number of rotatable bonds is 11. The van der Waals surface area contributed by atoms with Crippen molar-refractivity contribution in [2.75, 3.05) is 20.3 Å². The van der Waals surface area contributed by atoms with E-state index in [2.05, 4.69) is 10.6 Å². The number of ether oxygens (including phenoxy) is 2. The second-order valence-corrected chi connectivity index (χ2v) is 7.01. The Morgan fingerprint density at radius 2 is 1.64 bits per heavy atom. The number of primary amides is 1. The summed E-state index contributed by atoms with van der Waals surface area (Å²) in [5, 5.41) is 5.13. The van der Waals surface area contributed by atoms with E-state index in [1.807, 2.05) is 0 Å². The molecule has 178 valence electrons. The van der Waals surface area contributed by atoms with E-state index in [0.29, 0.717) is 17.5 Å². The van der Waals surface area contributed by atoms with Crippen molar-refractivity contribution in [1.29, 1.82) is 0 Å². The predicted molar refractivity (Wildman–Crippen MR) is 113 cm³/mol. The first-order valence-electron chi connectivity index (χ1n) is 9.86. The zero-order chi connectivity index (χ0) is 24.4. The van der Waals surface area contributed by atoms with Gasteiger partial charge in [0.2, 0.25) is 11.8 Å². The Morgan fingerprint density at radius 1 is 0.970 bits per heavy atom. The van der Waals surface area contributed by atoms with E-state index in [4.69, 9.17) is 15.2 Å². The van der Waals surface area contributed by atoms with E-state index in [1.54, 1.807) is 30.3 Å². The zero-order valence-corrected chi connectivity index (χ0v) is 17.8. The summed E-state index contributed by atoms with van der Waals surface area (Å²) < 4.78 is 46.8. The van der Waals surface area contributed by atoms with Crippen molar-refractivity contribution in [3.63, 3.8) is 0 Å². The number of carbonyl (C=O) groups excluding carboxylic acids is 3. The SMILES string of the molecule is COc1cc(CCC(=O)NCc2ccc(C(=O)NCC(N)=O)cc2)ccc1OCC(F)(F)F. The van der Waals surface area contributed by atoms with Crippen LogP contribution in [0.15, 0.2) is 42.5 Å². The van der Waals surface area contributed by atoms with Crippen molar-refractivity contribution in [1.82, 2.24) is 10.6 Å². The smallest absolute Gasteiger partial charge is 0.422 e. The van der Waals surface area contributed by atoms with Crippen LogP contribution < -0.4 is 25.8 Å². The number of halogens is 3. The first-order valence-corrected chi connectivity index (χ1v) is 9.86. The highest BCUT2D eigenvalue weighted by Crippen LogP contribution is 2.30. The number of aryl methyl sites for hydroxylation is 1. The maximum atomic E-state index is 12.3. The van der Waals surface area contributed by atoms with E-state index in [1.165, 1.54) is 19.2 Å². The summed E-state index contributed by atoms with van der Waals surface area (Å²) in [5.74, 6) is -1.19. The van der Waals surface area contributed by atoms with Crippen LogP contribution in [0.1, 0.15) is 27.9 Å². The van der Waals surface area contributed by atoms with E-state index in [9.17, 15) is 27.6 Å². The summed E-state index contributed by atoms with van der Waals surface area (Å²) in [5.41, 5.74) is 6.79. The third-order valence-electron chi connectivity index (χ3n) is 4.39. The van der Waals surface area contributed by atoms with Gasteiger partial charge in [-0.2, -0.15) is 13.2 Å². The second-order valence-electron chi connectivity index (χ2n) is 7.01. The van der Waals surface area contributed by atoms with Crippen LogP contribution in [-0.4, -0.2) is 44.2 Å². The predicted octanol–water partition coefficient (Wildman–Crippen LogP) is 2.10. The van der Waals surface area contributed by atoms with Crippen LogP contribution in [0.3, 0.4) is 0 Å². The molecule has 0 unspecified atom stereocenters. The lowest BCUT2D eigenvalue weighted by Crippen LogP contribution is -2.33. The molecule has 11 heteroatoms. The number of hydrogen-bond acceptors (Lipinski definition) is 5. The maximum absolute atomic E-state index is 12.3. The monoisotopic (exact) mass is 467 g/mol. The van der Waals surface area contributed by atoms with Crippen LogP contribution in [0.25, 0.3) is 0 Å². The van der Waals surface area contributed by atoms with Gasteiger partial charge in [0.25, 0.3) is 5.91 Å². The molecule has 2 rings (SSSR count). The van der Waals surface area contributed by atoms with Crippen LogP contribution in [0.4, 0.5) is 13.2 Å². The van der Waals surface area contributed by atoms with Crippen molar-refractivity contribution in [3.8, 4) is 11.5 Å². The fourth-order valence-electron chi connectivity index (χ4n) is 2.74. The van der Waals surface area contributed by atoms with Crippen LogP contribution in [-0.2, 0) is 22.6 Å². The summed E-state index contributed by atoms with van der Waals surface area (Å²) in [6, 6.07) is 10.9. The molecule has 8 nitrogen and oxygen atoms in total. The lowest BCUT2D eigenvalue weighted by atomic mass is 10.1. The first-order chi connectivity index (χ1) is 15.6. The fourth-order valence-corrected chi connectivity index (χ4v) is 2.74. The Bertz CT molecular complexity index is 978. The minimum absolute atomic E-state index is 0.0326. The molecule has 0 atom stereocenters. The van der Waals surface area contributed by atoms with E-state index in [0.717, 1.165) is 5.56 Å². The summed E-state index contributed by atoms with van der Waals surface area (Å²) >= 11 is 0. The molecule has 3 amide bonds. The largest absolute Gasteiger partial charge is 0.493 e. The fraction of sp³-hybridized carbons (Fsp3) is 0.318. The number of carbonyl (C=O) groups is 3. The van der Waals surface area contributed by atoms with Gasteiger partial charge < -0.3 is 25.8 Å². The number of hydrogen-bond donors (Lipinski definition) is 3. The van der Waals surface area contributed by atoms with Crippen LogP contribution in [0, 0.1) is 0 Å². The number of methoxy groups -OCH3 is 1. The van der Waals surface area contributed by atoms with Gasteiger partial charge in [-0.05, 0) is 41.8 Å². The number of nitrogens with two attached hydrogens (primary N) is 1. The van der Waals surface area contributed by atoms with Gasteiger partial charge >= 0.3 is 6.18 Å². The Balaban J connectivity index is 1.82. The number of alkyl halides is 3. The van der Waals surface area contributed by atoms with Gasteiger partial charge in [0.15, 0.2) is 18.1 Å². The Kier molecular flexibility index (Phi) is 9.08. The third kappa shape index (κ3) is 9.09. The summed E-state index contributed by atoms with van der Waals surface area (Å²) in [4.78, 5) is 34.7. The van der Waals surface area contributed by atoms with Crippen molar-refractivity contribution < 1.29 is 37.0 Å². The van der Waals surface area contributed by atoms with E-state index < -0.39 is 24.6 Å². The van der Waals surface area contributed by atoms with Crippen molar-refractivity contribution in [3.05, 3.63) is 59.2 Å². The van der Waals surface area contributed by atoms with Crippen molar-refractivity contribution >= 4 is 17.7 Å². The Labute approximate surface area is 188 Å². The normalized spacial score (nSPS) is 10.9. The van der Waals surface area contributed by atoms with Gasteiger partial charge in [-0.3, -0.25) is 14.4 Å². The van der Waals surface area contributed by atoms with Crippen LogP contribution >= 0.6 is 0 Å². The molecule has 0 aromatic heterocycles. The highest BCUT2D eigenvalue weighted by Gasteiger charge is 2.29. The minimum atomic E-state index is -4.46. The Morgan fingerprint density at radius 3 is 2.24 bits per heavy atom. The highest BCUT2D eigenvalue weighted by molar-refractivity contribution is 5.96. The van der Waals surface area contributed by atoms with Gasteiger partial charge in [0, 0.05) is 18.5 Å². The Hall–Kier alpha value is -3.76. The molecule has 0 aliphatic heterocycles. The third-order valence-corrected chi connectivity index (χ3v) is 4.39. The molecule has 0 heterocycles. The van der Waals surface area contributed by atoms with Gasteiger partial charge in [0.05, 0.1) is 13.7 Å². The van der Waals surface area contributed by atoms with Gasteiger partial charge in [-0.15, -0.1) is 0 Å². The van der Waals surface area contributed by atoms with Crippen molar-refractivity contribution in [2.45, 2.75) is 25.6 Å². The standard InChI is InChI=1S/C22H24F3N3O5/c1-32-18-10-14(4-8-17(18)33-13-22(23,24)25)5-9-20(30)27-11-15-2-6-16(7-3-15)21(31)28-12-19(26)29/h2-4,6-8,10H,5,9,11-13H2,1H3,(H2,26,29)(H,27,30)(H,28,31). The molecule has 0 aliphatic rings. The second kappa shape index (κ2) is 11.7. The maximum Gasteiger partial charge on any atom is 0.422 e. The highest BCUT2D eigenvalue weighted by atomic mass is 19.4. The van der Waals surface area contributed by atoms with Gasteiger partial charge in [-0.1, -0.05) is 18.2 Å². The van der Waals surface area contributed by atoms with Crippen LogP contribution in [0.5, 0.6) is 11.5 Å². The van der Waals surface area contributed by atoms with E-state index >= 15 is 0 Å². The van der Waals surface area contributed by atoms with Crippen LogP contribution in [0.2, 0.25) is 0 Å². The average Bonchev–Trinajstić information content (AvgIpc) is 2.78. The molecule has 2 aromatic carbocycles. The van der Waals surface area contributed by atoms with Crippen molar-refractivity contribution in [2.24, 2.45) is 5.73 Å². The molecular weight excluding hydrogens is 443 g/mol. The summed E-state index contributed by atoms with van der Waals surface area (Å²) in [7, 11) is 1.32. The minimum Gasteiger partial charge on any atom is -0.493 e. The molecule has 0 bridgehead atoms. The van der Waals surface area contributed by atoms with E-state index in [-0.39, 0.29) is 36.9 Å². The first kappa shape index (κ1) is 25.5. The molecule has 0 saturated carbocycles. The lowest BCUT2D eigenvalue weighted by molar-refractivity contribution is -0.153. The topological polar surface area (TPSA) is 120 Å². The molecule has 0 saturated heterocycles. The molecule has 0 fully saturated rings. The molecule has 0 radical (unpaired) electrons. The quantitative estimate of drug-likeness (QED) is 0.468. The zero-order valence-electron chi connectivity index (χ0n) is 17.8. The summed E-state index contributed by atoms with van der Waals surface area (Å²) in [6.07, 6.45) is -3.96. The lowest BCUT2D eigenvalue weighted by Gasteiger charge is -2.13. The van der Waals surface area contributed by atoms with Gasteiger partial charge in [-0.25, -0.2) is 0 Å². The van der Waals surface area contributed by atoms with Gasteiger partial charge in [0.1, 0.15) is 0 Å². The molecular formula is C22H24F3N3O5.